The third-order valence-electron chi connectivity index (χ3n) is 2.77. The van der Waals surface area contributed by atoms with Crippen LogP contribution in [0.4, 0.5) is 15.8 Å². The topological polar surface area (TPSA) is 82.0 Å². The predicted molar refractivity (Wildman–Crippen MR) is 79.4 cm³/mol. The number of anilines is 2. The van der Waals surface area contributed by atoms with Crippen LogP contribution in [0.1, 0.15) is 12.0 Å². The number of para-hydroxylation sites is 1. The van der Waals surface area contributed by atoms with Crippen molar-refractivity contribution in [3.63, 3.8) is 0 Å². The molecule has 0 radical (unpaired) electrons. The fourth-order valence-corrected chi connectivity index (χ4v) is 1.74. The molecule has 0 saturated heterocycles. The van der Waals surface area contributed by atoms with Gasteiger partial charge >= 0.3 is 0 Å². The lowest BCUT2D eigenvalue weighted by atomic mass is 10.2. The second-order valence-corrected chi connectivity index (χ2v) is 4.44. The lowest BCUT2D eigenvalue weighted by Crippen LogP contribution is -2.21. The first-order valence-electron chi connectivity index (χ1n) is 6.43. The Bertz CT molecular complexity index is 736. The van der Waals surface area contributed by atoms with Gasteiger partial charge in [-0.15, -0.1) is 0 Å². The number of carbonyl (C=O) groups excluding carboxylic acids is 2. The average Bonchev–Trinajstić information content (AvgIpc) is 2.50. The van der Waals surface area contributed by atoms with Gasteiger partial charge in [-0.3, -0.25) is 9.59 Å². The van der Waals surface area contributed by atoms with Gasteiger partial charge in [-0.1, -0.05) is 12.1 Å². The maximum Gasteiger partial charge on any atom is 0.233 e. The van der Waals surface area contributed by atoms with Gasteiger partial charge in [0.2, 0.25) is 11.8 Å². The molecule has 0 atom stereocenters. The van der Waals surface area contributed by atoms with Gasteiger partial charge in [-0.2, -0.15) is 5.26 Å². The van der Waals surface area contributed by atoms with E-state index >= 15 is 0 Å². The molecule has 0 saturated carbocycles. The number of nitrogens with zero attached hydrogens (tertiary/aromatic N) is 1. The molecule has 110 valence electrons. The van der Waals surface area contributed by atoms with Crippen molar-refractivity contribution in [2.45, 2.75) is 6.42 Å². The van der Waals surface area contributed by atoms with Crippen LogP contribution in [0.3, 0.4) is 0 Å². The zero-order chi connectivity index (χ0) is 15.9. The lowest BCUT2D eigenvalue weighted by molar-refractivity contribution is -0.123. The Labute approximate surface area is 126 Å². The zero-order valence-electron chi connectivity index (χ0n) is 11.5. The minimum atomic E-state index is -0.615. The quantitative estimate of drug-likeness (QED) is 0.851. The van der Waals surface area contributed by atoms with E-state index < -0.39 is 24.1 Å². The van der Waals surface area contributed by atoms with Crippen molar-refractivity contribution in [2.24, 2.45) is 0 Å². The molecule has 0 aliphatic rings. The molecule has 2 aromatic carbocycles. The van der Waals surface area contributed by atoms with E-state index in [1.165, 1.54) is 18.2 Å². The first-order valence-corrected chi connectivity index (χ1v) is 6.43. The molecular formula is C16H12FN3O2. The van der Waals surface area contributed by atoms with Crippen LogP contribution in [-0.2, 0) is 9.59 Å². The first kappa shape index (κ1) is 15.2. The summed E-state index contributed by atoms with van der Waals surface area (Å²) in [6.45, 7) is 0. The van der Waals surface area contributed by atoms with Crippen LogP contribution >= 0.6 is 0 Å². The van der Waals surface area contributed by atoms with E-state index in [2.05, 4.69) is 10.6 Å². The highest BCUT2D eigenvalue weighted by Gasteiger charge is 2.11. The van der Waals surface area contributed by atoms with Gasteiger partial charge < -0.3 is 10.6 Å². The van der Waals surface area contributed by atoms with Crippen LogP contribution in [0, 0.1) is 17.1 Å². The van der Waals surface area contributed by atoms with Crippen LogP contribution in [-0.4, -0.2) is 11.8 Å². The van der Waals surface area contributed by atoms with Crippen molar-refractivity contribution >= 4 is 23.2 Å². The highest BCUT2D eigenvalue weighted by atomic mass is 19.1. The molecule has 0 unspecified atom stereocenters. The number of hydrogen-bond acceptors (Lipinski definition) is 3. The van der Waals surface area contributed by atoms with Crippen LogP contribution in [0.25, 0.3) is 0 Å². The van der Waals surface area contributed by atoms with Crippen LogP contribution in [0.15, 0.2) is 48.5 Å². The number of halogens is 1. The number of rotatable bonds is 4. The molecule has 0 aromatic heterocycles. The van der Waals surface area contributed by atoms with Crippen LogP contribution in [0.5, 0.6) is 0 Å². The predicted octanol–water partition coefficient (Wildman–Crippen LogP) is 2.66. The van der Waals surface area contributed by atoms with E-state index in [0.717, 1.165) is 0 Å². The van der Waals surface area contributed by atoms with Crippen molar-refractivity contribution in [3.8, 4) is 6.07 Å². The largest absolute Gasteiger partial charge is 0.326 e. The molecule has 2 aromatic rings. The molecule has 0 fully saturated rings. The molecule has 0 aliphatic carbocycles. The Morgan fingerprint density at radius 3 is 2.27 bits per heavy atom. The summed E-state index contributed by atoms with van der Waals surface area (Å²) in [6, 6.07) is 13.9. The number of nitrogens with one attached hydrogen (secondary N) is 2. The van der Waals surface area contributed by atoms with E-state index in [-0.39, 0.29) is 5.69 Å². The van der Waals surface area contributed by atoms with Crippen molar-refractivity contribution in [1.29, 1.82) is 5.26 Å². The molecular weight excluding hydrogens is 285 g/mol. The molecule has 6 heteroatoms. The molecule has 0 bridgehead atoms. The number of hydrogen-bond donors (Lipinski definition) is 2. The van der Waals surface area contributed by atoms with Gasteiger partial charge in [0.15, 0.2) is 0 Å². The second kappa shape index (κ2) is 6.99. The summed E-state index contributed by atoms with van der Waals surface area (Å²) in [5, 5.41) is 13.5. The number of nitriles is 1. The van der Waals surface area contributed by atoms with E-state index in [4.69, 9.17) is 5.26 Å². The number of carbonyl (C=O) groups is 2. The van der Waals surface area contributed by atoms with Gasteiger partial charge in [-0.05, 0) is 36.4 Å². The monoisotopic (exact) mass is 297 g/mol. The third kappa shape index (κ3) is 4.15. The Hall–Kier alpha value is -3.20. The highest BCUT2D eigenvalue weighted by Crippen LogP contribution is 2.13. The normalized spacial score (nSPS) is 9.64. The summed E-state index contributed by atoms with van der Waals surface area (Å²) in [5.41, 5.74) is 0.969. The summed E-state index contributed by atoms with van der Waals surface area (Å²) in [5.74, 6) is -1.71. The van der Waals surface area contributed by atoms with E-state index in [1.807, 2.05) is 6.07 Å². The van der Waals surface area contributed by atoms with Crippen molar-refractivity contribution in [1.82, 2.24) is 0 Å². The average molecular weight is 297 g/mol. The zero-order valence-corrected chi connectivity index (χ0v) is 11.5. The van der Waals surface area contributed by atoms with Gasteiger partial charge in [0, 0.05) is 5.69 Å². The third-order valence-corrected chi connectivity index (χ3v) is 2.77. The fraction of sp³-hybridized carbons (Fsp3) is 0.0625. The van der Waals surface area contributed by atoms with E-state index in [1.54, 1.807) is 30.3 Å². The van der Waals surface area contributed by atoms with Crippen molar-refractivity contribution in [2.75, 3.05) is 10.6 Å². The molecule has 0 aliphatic heterocycles. The van der Waals surface area contributed by atoms with Gasteiger partial charge in [0.25, 0.3) is 0 Å². The molecule has 0 heterocycles. The first-order chi connectivity index (χ1) is 10.6. The standard InChI is InChI=1S/C16H12FN3O2/c17-13-3-1-2-4-14(13)20-16(22)9-15(21)19-12-7-5-11(10-18)6-8-12/h1-8H,9H2,(H,19,21)(H,20,22). The van der Waals surface area contributed by atoms with Crippen LogP contribution in [0.2, 0.25) is 0 Å². The Morgan fingerprint density at radius 1 is 1.00 bits per heavy atom. The number of amides is 2. The summed E-state index contributed by atoms with van der Waals surface area (Å²) >= 11 is 0. The fourth-order valence-electron chi connectivity index (χ4n) is 1.74. The number of benzene rings is 2. The lowest BCUT2D eigenvalue weighted by Gasteiger charge is -2.07. The minimum Gasteiger partial charge on any atom is -0.326 e. The SMILES string of the molecule is N#Cc1ccc(NC(=O)CC(=O)Nc2ccccc2F)cc1. The molecule has 5 nitrogen and oxygen atoms in total. The van der Waals surface area contributed by atoms with Gasteiger partial charge in [0.05, 0.1) is 17.3 Å². The summed E-state index contributed by atoms with van der Waals surface area (Å²) in [7, 11) is 0. The van der Waals surface area contributed by atoms with E-state index in [0.29, 0.717) is 11.3 Å². The molecule has 2 rings (SSSR count). The summed E-state index contributed by atoms with van der Waals surface area (Å²) in [4.78, 5) is 23.4. The second-order valence-electron chi connectivity index (χ2n) is 4.44. The highest BCUT2D eigenvalue weighted by molar-refractivity contribution is 6.08. The van der Waals surface area contributed by atoms with Crippen molar-refractivity contribution < 1.29 is 14.0 Å². The minimum absolute atomic E-state index is 0.0265. The molecule has 22 heavy (non-hydrogen) atoms. The maximum absolute atomic E-state index is 13.4. The van der Waals surface area contributed by atoms with Gasteiger partial charge in [-0.25, -0.2) is 4.39 Å². The smallest absolute Gasteiger partial charge is 0.233 e. The molecule has 0 spiro atoms. The van der Waals surface area contributed by atoms with Crippen LogP contribution < -0.4 is 10.6 Å². The summed E-state index contributed by atoms with van der Waals surface area (Å²) in [6.07, 6.45) is -0.436. The maximum atomic E-state index is 13.4. The molecule has 2 amide bonds. The Balaban J connectivity index is 1.90. The van der Waals surface area contributed by atoms with Gasteiger partial charge in [0.1, 0.15) is 12.2 Å². The van der Waals surface area contributed by atoms with Crippen molar-refractivity contribution in [3.05, 3.63) is 59.9 Å². The molecule has 2 N–H and O–H groups in total. The van der Waals surface area contributed by atoms with E-state index in [9.17, 15) is 14.0 Å². The Kier molecular flexibility index (Phi) is 4.83. The summed E-state index contributed by atoms with van der Waals surface area (Å²) < 4.78 is 13.4. The Morgan fingerprint density at radius 2 is 1.64 bits per heavy atom.